The fourth-order valence-corrected chi connectivity index (χ4v) is 2.48. The zero-order valence-corrected chi connectivity index (χ0v) is 9.89. The number of rotatable bonds is 3. The topological polar surface area (TPSA) is 12.0 Å². The first-order valence-electron chi connectivity index (χ1n) is 5.32. The largest absolute Gasteiger partial charge is 0.314 e. The van der Waals surface area contributed by atoms with Gasteiger partial charge in [0.25, 0.3) is 0 Å². The van der Waals surface area contributed by atoms with Crippen LogP contribution in [0.15, 0.2) is 28.7 Å². The van der Waals surface area contributed by atoms with Gasteiger partial charge >= 0.3 is 0 Å². The summed E-state index contributed by atoms with van der Waals surface area (Å²) >= 11 is 3.50. The molecule has 0 amide bonds. The van der Waals surface area contributed by atoms with Gasteiger partial charge in [0.05, 0.1) is 0 Å². The molecule has 1 aromatic rings. The summed E-state index contributed by atoms with van der Waals surface area (Å²) < 4.78 is 1.19. The van der Waals surface area contributed by atoms with Gasteiger partial charge in [-0.1, -0.05) is 28.1 Å². The van der Waals surface area contributed by atoms with Crippen LogP contribution < -0.4 is 5.32 Å². The van der Waals surface area contributed by atoms with Crippen molar-refractivity contribution in [2.24, 2.45) is 0 Å². The lowest BCUT2D eigenvalue weighted by Gasteiger charge is -2.09. The van der Waals surface area contributed by atoms with Crippen LogP contribution in [-0.2, 0) is 6.42 Å². The summed E-state index contributed by atoms with van der Waals surface area (Å²) in [5.74, 6) is 0. The van der Waals surface area contributed by atoms with E-state index in [-0.39, 0.29) is 0 Å². The molecule has 1 N–H and O–H groups in total. The summed E-state index contributed by atoms with van der Waals surface area (Å²) in [7, 11) is 0. The Kier molecular flexibility index (Phi) is 3.60. The van der Waals surface area contributed by atoms with Crippen molar-refractivity contribution >= 4 is 15.9 Å². The number of hydrogen-bond donors (Lipinski definition) is 1. The molecule has 1 heterocycles. The highest BCUT2D eigenvalue weighted by molar-refractivity contribution is 9.10. The Labute approximate surface area is 94.0 Å². The first-order valence-corrected chi connectivity index (χ1v) is 6.12. The molecule has 1 nitrogen and oxygen atoms in total. The van der Waals surface area contributed by atoms with Crippen molar-refractivity contribution in [1.82, 2.24) is 5.32 Å². The molecule has 0 bridgehead atoms. The standard InChI is InChI=1S/C12H16BrN/c13-11-4-1-3-10(9-11)6-7-12-5-2-8-14-12/h1,3-4,9,12,14H,2,5-8H2. The van der Waals surface area contributed by atoms with E-state index >= 15 is 0 Å². The average molecular weight is 254 g/mol. The van der Waals surface area contributed by atoms with Gasteiger partial charge in [-0.25, -0.2) is 0 Å². The van der Waals surface area contributed by atoms with E-state index in [0.29, 0.717) is 0 Å². The fraction of sp³-hybridized carbons (Fsp3) is 0.500. The van der Waals surface area contributed by atoms with E-state index in [1.165, 1.54) is 42.3 Å². The molecule has 1 atom stereocenters. The SMILES string of the molecule is Brc1cccc(CCC2CCCN2)c1. The second kappa shape index (κ2) is 4.94. The average Bonchev–Trinajstić information content (AvgIpc) is 2.67. The molecule has 0 aromatic heterocycles. The Morgan fingerprint density at radius 1 is 1.43 bits per heavy atom. The second-order valence-electron chi connectivity index (χ2n) is 3.96. The lowest BCUT2D eigenvalue weighted by molar-refractivity contribution is 0.559. The second-order valence-corrected chi connectivity index (χ2v) is 4.88. The normalized spacial score (nSPS) is 21.4. The smallest absolute Gasteiger partial charge is 0.0177 e. The minimum absolute atomic E-state index is 0.758. The van der Waals surface area contributed by atoms with E-state index in [0.717, 1.165) is 6.04 Å². The van der Waals surface area contributed by atoms with E-state index in [1.54, 1.807) is 0 Å². The van der Waals surface area contributed by atoms with E-state index in [9.17, 15) is 0 Å². The van der Waals surface area contributed by atoms with Crippen molar-refractivity contribution in [2.45, 2.75) is 31.7 Å². The van der Waals surface area contributed by atoms with Gasteiger partial charge < -0.3 is 5.32 Å². The van der Waals surface area contributed by atoms with Gasteiger partial charge in [-0.05, 0) is 49.9 Å². The number of aryl methyl sites for hydroxylation is 1. The minimum atomic E-state index is 0.758. The zero-order valence-electron chi connectivity index (χ0n) is 8.30. The summed E-state index contributed by atoms with van der Waals surface area (Å²) in [6.45, 7) is 1.21. The molecule has 14 heavy (non-hydrogen) atoms. The van der Waals surface area contributed by atoms with Gasteiger partial charge in [-0.2, -0.15) is 0 Å². The molecule has 1 unspecified atom stereocenters. The monoisotopic (exact) mass is 253 g/mol. The third-order valence-corrected chi connectivity index (χ3v) is 3.33. The third kappa shape index (κ3) is 2.82. The molecule has 0 spiro atoms. The minimum Gasteiger partial charge on any atom is -0.314 e. The van der Waals surface area contributed by atoms with Crippen LogP contribution >= 0.6 is 15.9 Å². The van der Waals surface area contributed by atoms with Gasteiger partial charge in [0.2, 0.25) is 0 Å². The summed E-state index contributed by atoms with van der Waals surface area (Å²) in [6, 6.07) is 9.38. The summed E-state index contributed by atoms with van der Waals surface area (Å²) in [4.78, 5) is 0. The first kappa shape index (κ1) is 10.2. The highest BCUT2D eigenvalue weighted by Gasteiger charge is 2.13. The van der Waals surface area contributed by atoms with E-state index < -0.39 is 0 Å². The number of halogens is 1. The number of benzene rings is 1. The lowest BCUT2D eigenvalue weighted by Crippen LogP contribution is -2.21. The first-order chi connectivity index (χ1) is 6.84. The summed E-state index contributed by atoms with van der Waals surface area (Å²) in [6.07, 6.45) is 5.17. The zero-order chi connectivity index (χ0) is 9.80. The Morgan fingerprint density at radius 2 is 2.36 bits per heavy atom. The van der Waals surface area contributed by atoms with Crippen LogP contribution in [0.3, 0.4) is 0 Å². The van der Waals surface area contributed by atoms with Gasteiger partial charge in [0.1, 0.15) is 0 Å². The van der Waals surface area contributed by atoms with Crippen LogP contribution in [0.2, 0.25) is 0 Å². The molecule has 1 aliphatic heterocycles. The maximum absolute atomic E-state index is 3.53. The summed E-state index contributed by atoms with van der Waals surface area (Å²) in [5, 5.41) is 3.53. The molecule has 0 aliphatic carbocycles. The molecule has 0 saturated carbocycles. The van der Waals surface area contributed by atoms with E-state index in [4.69, 9.17) is 0 Å². The van der Waals surface area contributed by atoms with Crippen LogP contribution in [0.5, 0.6) is 0 Å². The fourth-order valence-electron chi connectivity index (χ4n) is 2.04. The van der Waals surface area contributed by atoms with E-state index in [1.807, 2.05) is 0 Å². The maximum atomic E-state index is 3.53. The van der Waals surface area contributed by atoms with Crippen molar-refractivity contribution < 1.29 is 0 Å². The van der Waals surface area contributed by atoms with Crippen molar-refractivity contribution in [2.75, 3.05) is 6.54 Å². The van der Waals surface area contributed by atoms with Crippen molar-refractivity contribution in [1.29, 1.82) is 0 Å². The molecule has 1 aromatic carbocycles. The highest BCUT2D eigenvalue weighted by Crippen LogP contribution is 2.16. The van der Waals surface area contributed by atoms with Crippen LogP contribution in [0.25, 0.3) is 0 Å². The van der Waals surface area contributed by atoms with Crippen LogP contribution in [-0.4, -0.2) is 12.6 Å². The molecule has 1 saturated heterocycles. The third-order valence-electron chi connectivity index (χ3n) is 2.83. The Morgan fingerprint density at radius 3 is 3.07 bits per heavy atom. The van der Waals surface area contributed by atoms with Crippen LogP contribution in [0.4, 0.5) is 0 Å². The van der Waals surface area contributed by atoms with Gasteiger partial charge in [-0.15, -0.1) is 0 Å². The van der Waals surface area contributed by atoms with Crippen molar-refractivity contribution in [3.8, 4) is 0 Å². The quantitative estimate of drug-likeness (QED) is 0.873. The molecule has 2 rings (SSSR count). The van der Waals surface area contributed by atoms with E-state index in [2.05, 4.69) is 45.5 Å². The highest BCUT2D eigenvalue weighted by atomic mass is 79.9. The molecule has 1 aliphatic rings. The molecule has 1 fully saturated rings. The van der Waals surface area contributed by atoms with Gasteiger partial charge in [-0.3, -0.25) is 0 Å². The van der Waals surface area contributed by atoms with Crippen molar-refractivity contribution in [3.63, 3.8) is 0 Å². The Hall–Kier alpha value is -0.340. The molecule has 2 heteroatoms. The maximum Gasteiger partial charge on any atom is 0.0177 e. The molecular weight excluding hydrogens is 238 g/mol. The van der Waals surface area contributed by atoms with Gasteiger partial charge in [0.15, 0.2) is 0 Å². The summed E-state index contributed by atoms with van der Waals surface area (Å²) in [5.41, 5.74) is 1.44. The molecule has 76 valence electrons. The Bertz CT molecular complexity index is 292. The van der Waals surface area contributed by atoms with Crippen molar-refractivity contribution in [3.05, 3.63) is 34.3 Å². The van der Waals surface area contributed by atoms with Crippen LogP contribution in [0, 0.1) is 0 Å². The van der Waals surface area contributed by atoms with Gasteiger partial charge in [0, 0.05) is 10.5 Å². The number of hydrogen-bond acceptors (Lipinski definition) is 1. The predicted octanol–water partition coefficient (Wildman–Crippen LogP) is 3.13. The number of nitrogens with one attached hydrogen (secondary N) is 1. The lowest BCUT2D eigenvalue weighted by atomic mass is 10.0. The van der Waals surface area contributed by atoms with Crippen LogP contribution in [0.1, 0.15) is 24.8 Å². The molecular formula is C12H16BrN. The molecule has 0 radical (unpaired) electrons. The Balaban J connectivity index is 1.85. The predicted molar refractivity (Wildman–Crippen MR) is 63.5 cm³/mol.